The van der Waals surface area contributed by atoms with E-state index in [-0.39, 0.29) is 26.8 Å². The number of fused-ring (bicyclic) bond motifs is 3. The molecular weight excluding hydrogens is 633 g/mol. The molecule has 4 nitrogen and oxygen atoms in total. The third-order valence-corrected chi connectivity index (χ3v) is 6.68. The van der Waals surface area contributed by atoms with Crippen molar-refractivity contribution in [2.75, 3.05) is 0 Å². The molecule has 6 heteroatoms. The molecule has 174 valence electrons. The first-order valence-corrected chi connectivity index (χ1v) is 11.8. The first kappa shape index (κ1) is 23.3. The van der Waals surface area contributed by atoms with Gasteiger partial charge in [0.05, 0.1) is 16.2 Å². The number of aryl methyl sites for hydroxylation is 1. The van der Waals surface area contributed by atoms with Crippen molar-refractivity contribution in [2.45, 2.75) is 16.8 Å². The molecule has 35 heavy (non-hydrogen) atoms. The van der Waals surface area contributed by atoms with E-state index in [1.54, 1.807) is 17.8 Å². The van der Waals surface area contributed by atoms with E-state index in [1.807, 2.05) is 71.4 Å². The van der Waals surface area contributed by atoms with Crippen LogP contribution in [0.3, 0.4) is 0 Å². The summed E-state index contributed by atoms with van der Waals surface area (Å²) in [6.45, 7) is 2.06. The smallest absolute Gasteiger partial charge is 0.139 e. The Morgan fingerprint density at radius 3 is 2.54 bits per heavy atom. The number of benzene rings is 3. The molecule has 3 aromatic heterocycles. The summed E-state index contributed by atoms with van der Waals surface area (Å²) >= 11 is 1.59. The van der Waals surface area contributed by atoms with E-state index in [9.17, 15) is 5.11 Å². The van der Waals surface area contributed by atoms with Crippen LogP contribution in [0.15, 0.2) is 107 Å². The fourth-order valence-corrected chi connectivity index (χ4v) is 5.11. The summed E-state index contributed by atoms with van der Waals surface area (Å²) in [5.74, 6) is 0.216. The largest absolute Gasteiger partial charge is 0.506 e. The molecule has 0 saturated carbocycles. The molecule has 0 aliphatic heterocycles. The van der Waals surface area contributed by atoms with Crippen molar-refractivity contribution in [1.82, 2.24) is 14.5 Å². The van der Waals surface area contributed by atoms with Gasteiger partial charge in [-0.1, -0.05) is 59.1 Å². The minimum absolute atomic E-state index is 0. The van der Waals surface area contributed by atoms with Crippen LogP contribution in [0, 0.1) is 13.0 Å². The van der Waals surface area contributed by atoms with Crippen LogP contribution in [0.25, 0.3) is 38.9 Å². The van der Waals surface area contributed by atoms with Crippen molar-refractivity contribution in [1.29, 1.82) is 0 Å². The molecule has 3 heterocycles. The summed E-state index contributed by atoms with van der Waals surface area (Å²) in [4.78, 5) is 10.5. The summed E-state index contributed by atoms with van der Waals surface area (Å²) in [5, 5.41) is 13.7. The molecule has 0 radical (unpaired) electrons. The van der Waals surface area contributed by atoms with Gasteiger partial charge in [0.1, 0.15) is 11.4 Å². The maximum atomic E-state index is 10.6. The van der Waals surface area contributed by atoms with Crippen molar-refractivity contribution in [3.05, 3.63) is 109 Å². The van der Waals surface area contributed by atoms with Crippen molar-refractivity contribution >= 4 is 33.7 Å². The van der Waals surface area contributed by atoms with Crippen LogP contribution >= 0.6 is 11.8 Å². The van der Waals surface area contributed by atoms with Gasteiger partial charge in [-0.2, -0.15) is 0 Å². The number of para-hydroxylation sites is 3. The monoisotopic (exact) mass is 653 g/mol. The molecule has 0 amide bonds. The van der Waals surface area contributed by atoms with Gasteiger partial charge in [0, 0.05) is 38.0 Å². The van der Waals surface area contributed by atoms with Crippen molar-refractivity contribution in [2.24, 2.45) is 0 Å². The van der Waals surface area contributed by atoms with Gasteiger partial charge in [0.2, 0.25) is 0 Å². The predicted octanol–water partition coefficient (Wildman–Crippen LogP) is 7.20. The second-order valence-corrected chi connectivity index (χ2v) is 9.17. The maximum Gasteiger partial charge on any atom is 0.139 e. The Labute approximate surface area is 221 Å². The quantitative estimate of drug-likeness (QED) is 0.205. The number of aromatic nitrogens is 3. The Morgan fingerprint density at radius 2 is 1.69 bits per heavy atom. The first-order valence-electron chi connectivity index (χ1n) is 11.0. The van der Waals surface area contributed by atoms with Crippen LogP contribution in [0.5, 0.6) is 5.75 Å². The van der Waals surface area contributed by atoms with Crippen LogP contribution in [0.2, 0.25) is 0 Å². The van der Waals surface area contributed by atoms with E-state index in [4.69, 9.17) is 4.98 Å². The van der Waals surface area contributed by atoms with Gasteiger partial charge in [-0.15, -0.1) is 29.8 Å². The normalized spacial score (nSPS) is 11.0. The van der Waals surface area contributed by atoms with E-state index in [0.29, 0.717) is 5.69 Å². The number of aromatic hydroxyl groups is 1. The molecule has 0 aliphatic carbocycles. The summed E-state index contributed by atoms with van der Waals surface area (Å²) < 4.78 is 2.03. The zero-order chi connectivity index (χ0) is 23.1. The van der Waals surface area contributed by atoms with Gasteiger partial charge in [-0.05, 0) is 48.5 Å². The molecule has 0 bridgehead atoms. The first-order chi connectivity index (χ1) is 16.7. The van der Waals surface area contributed by atoms with Gasteiger partial charge in [0.25, 0.3) is 0 Å². The SMILES string of the molecule is Cc1ccnc(Sc2[c-]c(-c3ccc4c5ccccc5n(-c5ccccc5O)c4n3)ccc2)c1.[Pt]. The Morgan fingerprint density at radius 1 is 0.857 bits per heavy atom. The molecule has 0 spiro atoms. The zero-order valence-electron chi connectivity index (χ0n) is 18.8. The Hall–Kier alpha value is -3.40. The van der Waals surface area contributed by atoms with Gasteiger partial charge in [-0.25, -0.2) is 4.98 Å². The number of hydrogen-bond acceptors (Lipinski definition) is 4. The van der Waals surface area contributed by atoms with E-state index in [1.165, 1.54) is 5.56 Å². The predicted molar refractivity (Wildman–Crippen MR) is 138 cm³/mol. The van der Waals surface area contributed by atoms with Crippen LogP contribution in [-0.4, -0.2) is 19.6 Å². The Balaban J connectivity index is 0.00000253. The molecule has 0 saturated heterocycles. The van der Waals surface area contributed by atoms with Gasteiger partial charge >= 0.3 is 0 Å². The maximum absolute atomic E-state index is 10.6. The van der Waals surface area contributed by atoms with Gasteiger partial charge in [0.15, 0.2) is 0 Å². The number of nitrogens with zero attached hydrogens (tertiary/aromatic N) is 3. The number of phenolic OH excluding ortho intramolecular Hbond substituents is 1. The Kier molecular flexibility index (Phi) is 6.46. The van der Waals surface area contributed by atoms with E-state index >= 15 is 0 Å². The fourth-order valence-electron chi connectivity index (χ4n) is 4.22. The van der Waals surface area contributed by atoms with Crippen molar-refractivity contribution < 1.29 is 26.2 Å². The summed E-state index contributed by atoms with van der Waals surface area (Å²) in [5.41, 5.74) is 5.42. The van der Waals surface area contributed by atoms with Crippen molar-refractivity contribution in [3.63, 3.8) is 0 Å². The fraction of sp³-hybridized carbons (Fsp3) is 0.0345. The van der Waals surface area contributed by atoms with Gasteiger partial charge < -0.3 is 5.11 Å². The summed E-state index contributed by atoms with van der Waals surface area (Å²) in [6.07, 6.45) is 1.83. The van der Waals surface area contributed by atoms with Crippen LogP contribution in [0.1, 0.15) is 5.56 Å². The molecular formula is C29H20N3OPtS-. The third kappa shape index (κ3) is 4.38. The zero-order valence-corrected chi connectivity index (χ0v) is 21.8. The van der Waals surface area contributed by atoms with Crippen LogP contribution < -0.4 is 0 Å². The van der Waals surface area contributed by atoms with E-state index in [0.717, 1.165) is 43.1 Å². The van der Waals surface area contributed by atoms with Crippen LogP contribution in [-0.2, 0) is 21.1 Å². The minimum Gasteiger partial charge on any atom is -0.506 e. The summed E-state index contributed by atoms with van der Waals surface area (Å²) in [7, 11) is 0. The Bertz CT molecular complexity index is 1680. The molecule has 1 N–H and O–H groups in total. The third-order valence-electron chi connectivity index (χ3n) is 5.79. The second-order valence-electron chi connectivity index (χ2n) is 8.11. The van der Waals surface area contributed by atoms with Gasteiger partial charge in [-0.3, -0.25) is 9.55 Å². The van der Waals surface area contributed by atoms with Crippen molar-refractivity contribution in [3.8, 4) is 22.7 Å². The summed E-state index contributed by atoms with van der Waals surface area (Å²) in [6, 6.07) is 33.3. The number of phenols is 1. The van der Waals surface area contributed by atoms with Crippen LogP contribution in [0.4, 0.5) is 0 Å². The topological polar surface area (TPSA) is 50.9 Å². The average Bonchev–Trinajstić information content (AvgIpc) is 3.18. The molecule has 3 aromatic carbocycles. The number of pyridine rings is 2. The molecule has 0 aliphatic rings. The molecule has 0 atom stereocenters. The standard InChI is InChI=1S/C29H20N3OS.Pt/c1-19-15-16-30-28(17-19)34-21-8-6-7-20(18-21)24-14-13-23-22-9-2-3-10-25(22)32(29(23)31-24)26-11-4-5-12-27(26)33;/h2-17,33H,1H3;/q-1;. The molecule has 6 aromatic rings. The average molecular weight is 654 g/mol. The molecule has 6 rings (SSSR count). The van der Waals surface area contributed by atoms with E-state index < -0.39 is 0 Å². The van der Waals surface area contributed by atoms with E-state index in [2.05, 4.69) is 42.2 Å². The second kappa shape index (κ2) is 9.69. The number of hydrogen-bond donors (Lipinski definition) is 1. The minimum atomic E-state index is 0. The molecule has 0 unspecified atom stereocenters. The molecule has 0 fully saturated rings. The number of rotatable bonds is 4.